The van der Waals surface area contributed by atoms with Crippen LogP contribution in [0.2, 0.25) is 0 Å². The summed E-state index contributed by atoms with van der Waals surface area (Å²) in [4.78, 5) is 0. The number of rotatable bonds is 9. The van der Waals surface area contributed by atoms with Crippen LogP contribution in [0.1, 0.15) is 26.7 Å². The lowest BCUT2D eigenvalue weighted by Crippen LogP contribution is -2.12. The van der Waals surface area contributed by atoms with Crippen LogP contribution in [0.3, 0.4) is 0 Å². The van der Waals surface area contributed by atoms with Gasteiger partial charge in [0, 0.05) is 5.92 Å². The van der Waals surface area contributed by atoms with Gasteiger partial charge in [0.2, 0.25) is 0 Å². The summed E-state index contributed by atoms with van der Waals surface area (Å²) in [6.07, 6.45) is 18.1. The Balaban J connectivity index is 5.22. The fraction of sp³-hybridized carbons (Fsp3) is 0.333. The highest BCUT2D eigenvalue weighted by atomic mass is 14.5. The Labute approximate surface area is 118 Å². The normalized spacial score (nSPS) is 15.1. The molecule has 0 saturated carbocycles. The summed E-state index contributed by atoms with van der Waals surface area (Å²) in [6.45, 7) is 12.3. The van der Waals surface area contributed by atoms with Gasteiger partial charge >= 0.3 is 0 Å². The lowest BCUT2D eigenvalue weighted by molar-refractivity contribution is 0.658. The Morgan fingerprint density at radius 1 is 1.26 bits per heavy atom. The van der Waals surface area contributed by atoms with Crippen LogP contribution < -0.4 is 5.73 Å². The Morgan fingerprint density at radius 3 is 2.53 bits per heavy atom. The summed E-state index contributed by atoms with van der Waals surface area (Å²) in [7, 11) is 0. The zero-order valence-corrected chi connectivity index (χ0v) is 12.3. The van der Waals surface area contributed by atoms with E-state index in [1.165, 1.54) is 11.1 Å². The van der Waals surface area contributed by atoms with E-state index in [-0.39, 0.29) is 0 Å². The van der Waals surface area contributed by atoms with Crippen LogP contribution in [0.25, 0.3) is 0 Å². The van der Waals surface area contributed by atoms with E-state index in [4.69, 9.17) is 5.73 Å². The lowest BCUT2D eigenvalue weighted by atomic mass is 9.87. The van der Waals surface area contributed by atoms with Crippen LogP contribution in [0, 0.1) is 5.92 Å². The van der Waals surface area contributed by atoms with Crippen molar-refractivity contribution in [1.82, 2.24) is 0 Å². The molecule has 1 heteroatoms. The highest BCUT2D eigenvalue weighted by molar-refractivity contribution is 5.31. The minimum Gasteiger partial charge on any atom is -0.330 e. The average molecular weight is 257 g/mol. The van der Waals surface area contributed by atoms with Gasteiger partial charge in [-0.1, -0.05) is 60.8 Å². The van der Waals surface area contributed by atoms with E-state index in [1.54, 1.807) is 6.08 Å². The molecule has 0 aliphatic heterocycles. The number of hydrogen-bond donors (Lipinski definition) is 1. The van der Waals surface area contributed by atoms with Crippen LogP contribution >= 0.6 is 0 Å². The molecule has 0 amide bonds. The summed E-state index contributed by atoms with van der Waals surface area (Å²) in [6, 6.07) is 0. The third-order valence-corrected chi connectivity index (χ3v) is 2.89. The molecule has 0 radical (unpaired) electrons. The van der Waals surface area contributed by atoms with Gasteiger partial charge in [0.25, 0.3) is 0 Å². The predicted octanol–water partition coefficient (Wildman–Crippen LogP) is 4.72. The van der Waals surface area contributed by atoms with Gasteiger partial charge in [-0.2, -0.15) is 0 Å². The smallest absolute Gasteiger partial charge is 0.00573 e. The van der Waals surface area contributed by atoms with Crippen molar-refractivity contribution in [3.05, 3.63) is 72.9 Å². The second kappa shape index (κ2) is 11.5. The van der Waals surface area contributed by atoms with Gasteiger partial charge in [-0.15, -0.1) is 6.58 Å². The van der Waals surface area contributed by atoms with Crippen LogP contribution in [0.4, 0.5) is 0 Å². The molecule has 0 spiro atoms. The van der Waals surface area contributed by atoms with Crippen molar-refractivity contribution >= 4 is 0 Å². The summed E-state index contributed by atoms with van der Waals surface area (Å²) in [5.74, 6) is 0.371. The van der Waals surface area contributed by atoms with E-state index in [0.29, 0.717) is 12.5 Å². The fourth-order valence-electron chi connectivity index (χ4n) is 1.96. The summed E-state index contributed by atoms with van der Waals surface area (Å²) < 4.78 is 0. The second-order valence-corrected chi connectivity index (χ2v) is 4.39. The molecular weight excluding hydrogens is 230 g/mol. The average Bonchev–Trinajstić information content (AvgIpc) is 2.41. The standard InChI is InChI=1S/C18H27N/c1-5-8-10-12-16(4)18(14-15-19)17(11-7-3)13-9-6-2/h5-8,10-13,18H,1-2,9,14-15,19H2,3-4H3/b10-8-,11-7-,16-12+,17-13?. The maximum Gasteiger partial charge on any atom is 0.00573 e. The van der Waals surface area contributed by atoms with Crippen LogP contribution in [-0.2, 0) is 0 Å². The van der Waals surface area contributed by atoms with Gasteiger partial charge in [-0.05, 0) is 38.8 Å². The highest BCUT2D eigenvalue weighted by Gasteiger charge is 2.12. The van der Waals surface area contributed by atoms with Gasteiger partial charge in [0.15, 0.2) is 0 Å². The van der Waals surface area contributed by atoms with Gasteiger partial charge in [-0.3, -0.25) is 0 Å². The zero-order chi connectivity index (χ0) is 14.5. The molecule has 1 unspecified atom stereocenters. The van der Waals surface area contributed by atoms with E-state index in [2.05, 4.69) is 44.4 Å². The van der Waals surface area contributed by atoms with Crippen LogP contribution in [0.15, 0.2) is 72.9 Å². The van der Waals surface area contributed by atoms with E-state index in [0.717, 1.165) is 12.8 Å². The number of nitrogens with two attached hydrogens (primary N) is 1. The molecule has 0 aliphatic carbocycles. The number of allylic oxidation sites excluding steroid dienone is 10. The topological polar surface area (TPSA) is 26.0 Å². The van der Waals surface area contributed by atoms with Crippen molar-refractivity contribution in [2.45, 2.75) is 26.7 Å². The second-order valence-electron chi connectivity index (χ2n) is 4.39. The Kier molecular flexibility index (Phi) is 10.5. The van der Waals surface area contributed by atoms with E-state index in [9.17, 15) is 0 Å². The van der Waals surface area contributed by atoms with Crippen molar-refractivity contribution in [3.63, 3.8) is 0 Å². The van der Waals surface area contributed by atoms with Crippen molar-refractivity contribution in [3.8, 4) is 0 Å². The molecule has 0 rings (SSSR count). The van der Waals surface area contributed by atoms with Crippen molar-refractivity contribution in [1.29, 1.82) is 0 Å². The fourth-order valence-corrected chi connectivity index (χ4v) is 1.96. The van der Waals surface area contributed by atoms with Crippen molar-refractivity contribution in [2.24, 2.45) is 11.7 Å². The quantitative estimate of drug-likeness (QED) is 0.469. The van der Waals surface area contributed by atoms with Gasteiger partial charge < -0.3 is 5.73 Å². The lowest BCUT2D eigenvalue weighted by Gasteiger charge is -2.18. The first-order chi connectivity index (χ1) is 9.21. The van der Waals surface area contributed by atoms with Crippen LogP contribution in [0.5, 0.6) is 0 Å². The maximum absolute atomic E-state index is 5.75. The Hall–Kier alpha value is -1.60. The first-order valence-corrected chi connectivity index (χ1v) is 6.80. The molecule has 0 saturated heterocycles. The Morgan fingerprint density at radius 2 is 2.00 bits per heavy atom. The SMILES string of the molecule is C=C/C=C\C=C(/C)C(CCN)C(=CCC=C)/C=C\C. The first kappa shape index (κ1) is 17.4. The van der Waals surface area contributed by atoms with Crippen molar-refractivity contribution < 1.29 is 0 Å². The van der Waals surface area contributed by atoms with E-state index < -0.39 is 0 Å². The molecule has 19 heavy (non-hydrogen) atoms. The zero-order valence-electron chi connectivity index (χ0n) is 12.3. The maximum atomic E-state index is 5.75. The van der Waals surface area contributed by atoms with Gasteiger partial charge in [0.05, 0.1) is 0 Å². The molecule has 1 atom stereocenters. The molecule has 0 aromatic carbocycles. The molecule has 1 nitrogen and oxygen atoms in total. The first-order valence-electron chi connectivity index (χ1n) is 6.80. The molecule has 0 aliphatic rings. The van der Waals surface area contributed by atoms with Crippen molar-refractivity contribution in [2.75, 3.05) is 6.54 Å². The molecular formula is C18H27N. The molecule has 2 N–H and O–H groups in total. The third-order valence-electron chi connectivity index (χ3n) is 2.89. The van der Waals surface area contributed by atoms with Gasteiger partial charge in [-0.25, -0.2) is 0 Å². The minimum atomic E-state index is 0.371. The molecule has 0 fully saturated rings. The van der Waals surface area contributed by atoms with Crippen LogP contribution in [-0.4, -0.2) is 6.54 Å². The Bertz CT molecular complexity index is 380. The predicted molar refractivity (Wildman–Crippen MR) is 88.0 cm³/mol. The molecule has 104 valence electrons. The summed E-state index contributed by atoms with van der Waals surface area (Å²) in [5.41, 5.74) is 8.38. The van der Waals surface area contributed by atoms with E-state index >= 15 is 0 Å². The molecule has 0 aromatic heterocycles. The summed E-state index contributed by atoms with van der Waals surface area (Å²) >= 11 is 0. The largest absolute Gasteiger partial charge is 0.330 e. The molecule has 0 bridgehead atoms. The molecule has 0 heterocycles. The van der Waals surface area contributed by atoms with E-state index in [1.807, 2.05) is 25.2 Å². The number of hydrogen-bond acceptors (Lipinski definition) is 1. The summed E-state index contributed by atoms with van der Waals surface area (Å²) in [5, 5.41) is 0. The third kappa shape index (κ3) is 7.43. The molecule has 0 aromatic rings. The van der Waals surface area contributed by atoms with Gasteiger partial charge in [0.1, 0.15) is 0 Å². The monoisotopic (exact) mass is 257 g/mol. The minimum absolute atomic E-state index is 0.371. The highest BCUT2D eigenvalue weighted by Crippen LogP contribution is 2.25.